The minimum absolute atomic E-state index is 0.0540. The molecule has 3 aromatic carbocycles. The van der Waals surface area contributed by atoms with E-state index in [4.69, 9.17) is 14.7 Å². The minimum atomic E-state index is -0.135. The molecule has 1 aliphatic heterocycles. The fourth-order valence-corrected chi connectivity index (χ4v) is 3.87. The number of carbonyl (C=O) groups excluding carboxylic acids is 1. The van der Waals surface area contributed by atoms with E-state index in [2.05, 4.69) is 16.3 Å². The van der Waals surface area contributed by atoms with E-state index < -0.39 is 0 Å². The Bertz CT molecular complexity index is 1090. The molecular weight excluding hydrogens is 414 g/mol. The summed E-state index contributed by atoms with van der Waals surface area (Å²) in [4.78, 5) is 14.8. The first-order chi connectivity index (χ1) is 16.2. The van der Waals surface area contributed by atoms with E-state index in [-0.39, 0.29) is 18.6 Å². The van der Waals surface area contributed by atoms with Crippen molar-refractivity contribution >= 4 is 11.6 Å². The Morgan fingerprint density at radius 1 is 0.909 bits per heavy atom. The minimum Gasteiger partial charge on any atom is -0.485 e. The molecule has 0 unspecified atom stereocenters. The molecule has 0 aromatic heterocycles. The van der Waals surface area contributed by atoms with Gasteiger partial charge < -0.3 is 19.7 Å². The van der Waals surface area contributed by atoms with Gasteiger partial charge in [-0.2, -0.15) is 5.26 Å². The smallest absolute Gasteiger partial charge is 0.258 e. The molecule has 1 saturated heterocycles. The number of nitriles is 1. The van der Waals surface area contributed by atoms with Crippen LogP contribution in [-0.2, 0) is 11.4 Å². The summed E-state index contributed by atoms with van der Waals surface area (Å²) >= 11 is 0. The van der Waals surface area contributed by atoms with Crippen LogP contribution in [-0.4, -0.2) is 31.6 Å². The van der Waals surface area contributed by atoms with Gasteiger partial charge >= 0.3 is 0 Å². The third-order valence-electron chi connectivity index (χ3n) is 5.67. The number of hydrogen-bond acceptors (Lipinski definition) is 5. The van der Waals surface area contributed by atoms with Crippen LogP contribution in [0.4, 0.5) is 5.69 Å². The van der Waals surface area contributed by atoms with Crippen molar-refractivity contribution in [2.75, 3.05) is 24.6 Å². The normalized spacial score (nSPS) is 13.7. The molecule has 3 aromatic rings. The SMILES string of the molecule is N#Cc1ccc(N2CCC(NC(=O)COc3ccccc3OCc3ccccc3)CC2)cc1. The van der Waals surface area contributed by atoms with Crippen LogP contribution in [0.1, 0.15) is 24.0 Å². The molecule has 1 heterocycles. The molecule has 0 radical (unpaired) electrons. The average molecular weight is 442 g/mol. The van der Waals surface area contributed by atoms with Gasteiger partial charge in [-0.25, -0.2) is 0 Å². The zero-order valence-corrected chi connectivity index (χ0v) is 18.4. The van der Waals surface area contributed by atoms with E-state index in [0.717, 1.165) is 37.2 Å². The number of amides is 1. The number of anilines is 1. The molecule has 0 saturated carbocycles. The number of para-hydroxylation sites is 2. The summed E-state index contributed by atoms with van der Waals surface area (Å²) in [6.07, 6.45) is 1.73. The van der Waals surface area contributed by atoms with Crippen LogP contribution in [0.2, 0.25) is 0 Å². The average Bonchev–Trinajstić information content (AvgIpc) is 2.88. The van der Waals surface area contributed by atoms with E-state index >= 15 is 0 Å². The summed E-state index contributed by atoms with van der Waals surface area (Å²) < 4.78 is 11.7. The number of nitrogens with zero attached hydrogens (tertiary/aromatic N) is 2. The molecule has 0 atom stereocenters. The van der Waals surface area contributed by atoms with Gasteiger partial charge in [-0.1, -0.05) is 42.5 Å². The van der Waals surface area contributed by atoms with Crippen molar-refractivity contribution in [3.8, 4) is 17.6 Å². The third-order valence-corrected chi connectivity index (χ3v) is 5.67. The van der Waals surface area contributed by atoms with Crippen LogP contribution >= 0.6 is 0 Å². The lowest BCUT2D eigenvalue weighted by Crippen LogP contribution is -2.46. The van der Waals surface area contributed by atoms with Gasteiger partial charge in [-0.3, -0.25) is 4.79 Å². The van der Waals surface area contributed by atoms with Gasteiger partial charge in [0.25, 0.3) is 5.91 Å². The van der Waals surface area contributed by atoms with E-state index in [1.165, 1.54) is 0 Å². The standard InChI is InChI=1S/C27H27N3O3/c28-18-21-10-12-24(13-11-21)30-16-14-23(15-17-30)29-27(31)20-33-26-9-5-4-8-25(26)32-19-22-6-2-1-3-7-22/h1-13,23H,14-17,19-20H2,(H,29,31). The predicted octanol–water partition coefficient (Wildman–Crippen LogP) is 4.30. The van der Waals surface area contributed by atoms with Crippen LogP contribution < -0.4 is 19.7 Å². The number of carbonyl (C=O) groups is 1. The summed E-state index contributed by atoms with van der Waals surface area (Å²) in [5.74, 6) is 1.04. The Hall–Kier alpha value is -3.98. The molecule has 0 spiro atoms. The molecule has 6 heteroatoms. The Balaban J connectivity index is 1.23. The molecule has 33 heavy (non-hydrogen) atoms. The molecule has 168 valence electrons. The predicted molar refractivity (Wildman–Crippen MR) is 127 cm³/mol. The molecule has 1 amide bonds. The quantitative estimate of drug-likeness (QED) is 0.564. The van der Waals surface area contributed by atoms with Gasteiger partial charge in [0.15, 0.2) is 18.1 Å². The van der Waals surface area contributed by atoms with Crippen molar-refractivity contribution in [3.05, 3.63) is 90.0 Å². The Morgan fingerprint density at radius 3 is 2.21 bits per heavy atom. The molecule has 1 N–H and O–H groups in total. The first-order valence-corrected chi connectivity index (χ1v) is 11.1. The summed E-state index contributed by atoms with van der Waals surface area (Å²) in [6, 6.07) is 27.2. The molecular formula is C27H27N3O3. The Morgan fingerprint density at radius 2 is 1.55 bits per heavy atom. The second-order valence-electron chi connectivity index (χ2n) is 8.00. The fourth-order valence-electron chi connectivity index (χ4n) is 3.87. The molecule has 0 aliphatic carbocycles. The lowest BCUT2D eigenvalue weighted by atomic mass is 10.0. The van der Waals surface area contributed by atoms with Crippen molar-refractivity contribution in [3.63, 3.8) is 0 Å². The molecule has 1 fully saturated rings. The molecule has 4 rings (SSSR count). The third kappa shape index (κ3) is 6.27. The maximum absolute atomic E-state index is 12.5. The van der Waals surface area contributed by atoms with Crippen molar-refractivity contribution in [2.24, 2.45) is 0 Å². The highest BCUT2D eigenvalue weighted by Crippen LogP contribution is 2.27. The maximum atomic E-state index is 12.5. The van der Waals surface area contributed by atoms with Crippen molar-refractivity contribution in [2.45, 2.75) is 25.5 Å². The highest BCUT2D eigenvalue weighted by Gasteiger charge is 2.21. The van der Waals surface area contributed by atoms with E-state index in [0.29, 0.717) is 23.7 Å². The van der Waals surface area contributed by atoms with Crippen LogP contribution in [0.25, 0.3) is 0 Å². The Kier molecular flexibility index (Phi) is 7.44. The largest absolute Gasteiger partial charge is 0.485 e. The lowest BCUT2D eigenvalue weighted by Gasteiger charge is -2.34. The number of piperidine rings is 1. The van der Waals surface area contributed by atoms with Gasteiger partial charge in [0.1, 0.15) is 6.61 Å². The summed E-state index contributed by atoms with van der Waals surface area (Å²) in [6.45, 7) is 2.09. The van der Waals surface area contributed by atoms with Crippen LogP contribution in [0.5, 0.6) is 11.5 Å². The van der Waals surface area contributed by atoms with Crippen LogP contribution in [0, 0.1) is 11.3 Å². The highest BCUT2D eigenvalue weighted by molar-refractivity contribution is 5.78. The lowest BCUT2D eigenvalue weighted by molar-refractivity contribution is -0.123. The monoisotopic (exact) mass is 441 g/mol. The van der Waals surface area contributed by atoms with E-state index in [9.17, 15) is 4.79 Å². The zero-order chi connectivity index (χ0) is 22.9. The van der Waals surface area contributed by atoms with Gasteiger partial charge in [0.05, 0.1) is 11.6 Å². The van der Waals surface area contributed by atoms with E-state index in [1.54, 1.807) is 0 Å². The van der Waals surface area contributed by atoms with Crippen molar-refractivity contribution in [1.29, 1.82) is 5.26 Å². The summed E-state index contributed by atoms with van der Waals surface area (Å²) in [5, 5.41) is 12.0. The number of ether oxygens (including phenoxy) is 2. The fraction of sp³-hybridized carbons (Fsp3) is 0.259. The van der Waals surface area contributed by atoms with Gasteiger partial charge in [-0.15, -0.1) is 0 Å². The second kappa shape index (κ2) is 11.1. The van der Waals surface area contributed by atoms with Crippen LogP contribution in [0.3, 0.4) is 0 Å². The Labute approximate surface area is 194 Å². The molecule has 0 bridgehead atoms. The van der Waals surface area contributed by atoms with E-state index in [1.807, 2.05) is 78.9 Å². The van der Waals surface area contributed by atoms with Crippen molar-refractivity contribution in [1.82, 2.24) is 5.32 Å². The van der Waals surface area contributed by atoms with Crippen molar-refractivity contribution < 1.29 is 14.3 Å². The van der Waals surface area contributed by atoms with Gasteiger partial charge in [-0.05, 0) is 54.8 Å². The number of nitrogens with one attached hydrogen (secondary N) is 1. The summed E-state index contributed by atoms with van der Waals surface area (Å²) in [7, 11) is 0. The van der Waals surface area contributed by atoms with Gasteiger partial charge in [0, 0.05) is 24.8 Å². The maximum Gasteiger partial charge on any atom is 0.258 e. The first kappa shape index (κ1) is 22.2. The zero-order valence-electron chi connectivity index (χ0n) is 18.4. The number of rotatable bonds is 8. The van der Waals surface area contributed by atoms with Crippen LogP contribution in [0.15, 0.2) is 78.9 Å². The number of hydrogen-bond donors (Lipinski definition) is 1. The first-order valence-electron chi connectivity index (χ1n) is 11.1. The molecule has 6 nitrogen and oxygen atoms in total. The summed E-state index contributed by atoms with van der Waals surface area (Å²) in [5.41, 5.74) is 2.83. The molecule has 1 aliphatic rings. The highest BCUT2D eigenvalue weighted by atomic mass is 16.5. The van der Waals surface area contributed by atoms with Gasteiger partial charge in [0.2, 0.25) is 0 Å². The second-order valence-corrected chi connectivity index (χ2v) is 8.00. The topological polar surface area (TPSA) is 74.6 Å². The number of benzene rings is 3.